The van der Waals surface area contributed by atoms with Gasteiger partial charge >= 0.3 is 0 Å². The van der Waals surface area contributed by atoms with Crippen LogP contribution in [0.2, 0.25) is 0 Å². The van der Waals surface area contributed by atoms with Gasteiger partial charge < -0.3 is 15.9 Å². The average Bonchev–Trinajstić information content (AvgIpc) is 2.27. The van der Waals surface area contributed by atoms with Crippen LogP contribution in [0.15, 0.2) is 12.1 Å². The molecule has 0 radical (unpaired) electrons. The number of benzene rings is 1. The van der Waals surface area contributed by atoms with Crippen LogP contribution in [0.5, 0.6) is 0 Å². The normalized spacial score (nSPS) is 14.4. The van der Waals surface area contributed by atoms with Gasteiger partial charge in [0.05, 0.1) is 11.7 Å². The number of halogens is 2. The zero-order valence-corrected chi connectivity index (χ0v) is 8.94. The van der Waals surface area contributed by atoms with Gasteiger partial charge in [0.25, 0.3) is 0 Å². The molecule has 0 amide bonds. The standard InChI is InChI=1S/C11H13F2NO3/c12-8-3-6(4-9(13)7(8)5-15)11(17)10(16)1-2-14/h3-5,10-11,16-17H,1-2,14H2. The first-order valence-corrected chi connectivity index (χ1v) is 5.01. The molecule has 0 bridgehead atoms. The smallest absolute Gasteiger partial charge is 0.155 e. The number of aliphatic hydroxyl groups excluding tert-OH is 2. The van der Waals surface area contributed by atoms with E-state index in [0.717, 1.165) is 12.1 Å². The molecule has 0 saturated carbocycles. The summed E-state index contributed by atoms with van der Waals surface area (Å²) in [5.74, 6) is -2.15. The molecule has 4 N–H and O–H groups in total. The first-order valence-electron chi connectivity index (χ1n) is 5.01. The summed E-state index contributed by atoms with van der Waals surface area (Å²) in [4.78, 5) is 10.4. The van der Waals surface area contributed by atoms with Crippen molar-refractivity contribution in [3.8, 4) is 0 Å². The Hall–Kier alpha value is -1.37. The lowest BCUT2D eigenvalue weighted by atomic mass is 10.0. The van der Waals surface area contributed by atoms with E-state index in [9.17, 15) is 23.8 Å². The van der Waals surface area contributed by atoms with E-state index < -0.39 is 29.4 Å². The monoisotopic (exact) mass is 245 g/mol. The number of carbonyl (C=O) groups is 1. The highest BCUT2D eigenvalue weighted by atomic mass is 19.1. The van der Waals surface area contributed by atoms with Crippen molar-refractivity contribution in [1.29, 1.82) is 0 Å². The highest BCUT2D eigenvalue weighted by molar-refractivity contribution is 5.75. The minimum absolute atomic E-state index is 0.0527. The highest BCUT2D eigenvalue weighted by Crippen LogP contribution is 2.22. The van der Waals surface area contributed by atoms with E-state index in [2.05, 4.69) is 0 Å². The first kappa shape index (κ1) is 13.7. The Kier molecular flexibility index (Phi) is 4.68. The van der Waals surface area contributed by atoms with Crippen LogP contribution in [0.3, 0.4) is 0 Å². The van der Waals surface area contributed by atoms with E-state index in [1.807, 2.05) is 0 Å². The van der Waals surface area contributed by atoms with Crippen LogP contribution in [0, 0.1) is 11.6 Å². The molecule has 2 atom stereocenters. The van der Waals surface area contributed by atoms with Crippen molar-refractivity contribution < 1.29 is 23.8 Å². The Bertz CT molecular complexity index is 389. The Morgan fingerprint density at radius 2 is 1.82 bits per heavy atom. The quantitative estimate of drug-likeness (QED) is 0.660. The summed E-state index contributed by atoms with van der Waals surface area (Å²) >= 11 is 0. The van der Waals surface area contributed by atoms with Gasteiger partial charge in [0.1, 0.15) is 17.7 Å². The zero-order valence-electron chi connectivity index (χ0n) is 8.94. The van der Waals surface area contributed by atoms with Gasteiger partial charge in [-0.15, -0.1) is 0 Å². The number of carbonyl (C=O) groups excluding carboxylic acids is 1. The summed E-state index contributed by atoms with van der Waals surface area (Å²) in [5.41, 5.74) is 4.35. The fourth-order valence-electron chi connectivity index (χ4n) is 1.44. The van der Waals surface area contributed by atoms with Crippen LogP contribution < -0.4 is 5.73 Å². The van der Waals surface area contributed by atoms with Crippen molar-refractivity contribution in [2.24, 2.45) is 5.73 Å². The Morgan fingerprint density at radius 3 is 2.24 bits per heavy atom. The average molecular weight is 245 g/mol. The second-order valence-corrected chi connectivity index (χ2v) is 3.61. The van der Waals surface area contributed by atoms with Crippen LogP contribution in [-0.2, 0) is 0 Å². The summed E-state index contributed by atoms with van der Waals surface area (Å²) in [6, 6.07) is 1.63. The third-order valence-electron chi connectivity index (χ3n) is 2.39. The molecule has 1 aromatic carbocycles. The van der Waals surface area contributed by atoms with Crippen molar-refractivity contribution in [2.75, 3.05) is 6.54 Å². The summed E-state index contributed by atoms with van der Waals surface area (Å²) in [5, 5.41) is 19.0. The molecule has 17 heavy (non-hydrogen) atoms. The van der Waals surface area contributed by atoms with E-state index in [1.165, 1.54) is 0 Å². The van der Waals surface area contributed by atoms with E-state index >= 15 is 0 Å². The Labute approximate surface area is 96.7 Å². The lowest BCUT2D eigenvalue weighted by Gasteiger charge is -2.17. The van der Waals surface area contributed by atoms with E-state index in [0.29, 0.717) is 0 Å². The van der Waals surface area contributed by atoms with Crippen molar-refractivity contribution in [3.63, 3.8) is 0 Å². The summed E-state index contributed by atoms with van der Waals surface area (Å²) in [6.07, 6.45) is -2.50. The number of nitrogens with two attached hydrogens (primary N) is 1. The largest absolute Gasteiger partial charge is 0.390 e. The number of aliphatic hydroxyl groups is 2. The minimum Gasteiger partial charge on any atom is -0.390 e. The van der Waals surface area contributed by atoms with Crippen LogP contribution in [-0.4, -0.2) is 29.1 Å². The molecule has 6 heteroatoms. The molecule has 0 aliphatic carbocycles. The molecule has 1 rings (SSSR count). The van der Waals surface area contributed by atoms with Gasteiger partial charge in [0, 0.05) is 0 Å². The Balaban J connectivity index is 3.03. The molecule has 1 aromatic rings. The molecule has 2 unspecified atom stereocenters. The van der Waals surface area contributed by atoms with E-state index in [1.54, 1.807) is 0 Å². The van der Waals surface area contributed by atoms with Gasteiger partial charge in [-0.2, -0.15) is 0 Å². The fraction of sp³-hybridized carbons (Fsp3) is 0.364. The maximum Gasteiger partial charge on any atom is 0.155 e. The number of hydrogen-bond acceptors (Lipinski definition) is 4. The van der Waals surface area contributed by atoms with Gasteiger partial charge in [0.2, 0.25) is 0 Å². The maximum atomic E-state index is 13.2. The molecule has 0 aliphatic heterocycles. The predicted octanol–water partition coefficient (Wildman–Crippen LogP) is 0.520. The molecule has 0 fully saturated rings. The van der Waals surface area contributed by atoms with Crippen molar-refractivity contribution >= 4 is 6.29 Å². The number of aldehydes is 1. The van der Waals surface area contributed by atoms with Crippen LogP contribution in [0.1, 0.15) is 28.4 Å². The molecule has 94 valence electrons. The lowest BCUT2D eigenvalue weighted by molar-refractivity contribution is 0.0147. The maximum absolute atomic E-state index is 13.2. The topological polar surface area (TPSA) is 83.6 Å². The van der Waals surface area contributed by atoms with Gasteiger partial charge in [-0.05, 0) is 30.7 Å². The van der Waals surface area contributed by atoms with Crippen LogP contribution in [0.25, 0.3) is 0 Å². The Morgan fingerprint density at radius 1 is 1.29 bits per heavy atom. The number of hydrogen-bond donors (Lipinski definition) is 3. The van der Waals surface area contributed by atoms with Crippen molar-refractivity contribution in [3.05, 3.63) is 34.9 Å². The zero-order chi connectivity index (χ0) is 13.0. The molecule has 0 spiro atoms. The minimum atomic E-state index is -1.44. The second kappa shape index (κ2) is 5.81. The summed E-state index contributed by atoms with van der Waals surface area (Å²) < 4.78 is 26.5. The highest BCUT2D eigenvalue weighted by Gasteiger charge is 2.21. The second-order valence-electron chi connectivity index (χ2n) is 3.61. The summed E-state index contributed by atoms with van der Waals surface area (Å²) in [6.45, 7) is 0.135. The molecule has 0 saturated heterocycles. The van der Waals surface area contributed by atoms with Crippen molar-refractivity contribution in [2.45, 2.75) is 18.6 Å². The SMILES string of the molecule is NCCC(O)C(O)c1cc(F)c(C=O)c(F)c1. The van der Waals surface area contributed by atoms with Gasteiger partial charge in [-0.25, -0.2) is 8.78 Å². The van der Waals surface area contributed by atoms with Crippen molar-refractivity contribution in [1.82, 2.24) is 0 Å². The first-order chi connectivity index (χ1) is 8.01. The fourth-order valence-corrected chi connectivity index (χ4v) is 1.44. The molecule has 0 heterocycles. The summed E-state index contributed by atoms with van der Waals surface area (Å²) in [7, 11) is 0. The third kappa shape index (κ3) is 3.06. The van der Waals surface area contributed by atoms with E-state index in [-0.39, 0.29) is 24.8 Å². The number of rotatable bonds is 5. The predicted molar refractivity (Wildman–Crippen MR) is 56.4 cm³/mol. The molecule has 0 aliphatic rings. The van der Waals surface area contributed by atoms with Gasteiger partial charge in [-0.3, -0.25) is 4.79 Å². The van der Waals surface area contributed by atoms with Gasteiger partial charge in [-0.1, -0.05) is 0 Å². The van der Waals surface area contributed by atoms with Crippen LogP contribution in [0.4, 0.5) is 8.78 Å². The molecular weight excluding hydrogens is 232 g/mol. The van der Waals surface area contributed by atoms with E-state index in [4.69, 9.17) is 5.73 Å². The molecule has 0 aromatic heterocycles. The van der Waals surface area contributed by atoms with Crippen LogP contribution >= 0.6 is 0 Å². The lowest BCUT2D eigenvalue weighted by Crippen LogP contribution is -2.22. The molecular formula is C11H13F2NO3. The third-order valence-corrected chi connectivity index (χ3v) is 2.39. The molecule has 4 nitrogen and oxygen atoms in total. The van der Waals surface area contributed by atoms with Gasteiger partial charge in [0.15, 0.2) is 6.29 Å².